The Hall–Kier alpha value is -2.50. The Morgan fingerprint density at radius 1 is 1.44 bits per heavy atom. The van der Waals surface area contributed by atoms with E-state index in [4.69, 9.17) is 4.74 Å². The highest BCUT2D eigenvalue weighted by Gasteiger charge is 2.21. The number of ether oxygens (including phenoxy) is 1. The fourth-order valence-corrected chi connectivity index (χ4v) is 3.24. The molecule has 1 aliphatic heterocycles. The van der Waals surface area contributed by atoms with Crippen molar-refractivity contribution in [3.63, 3.8) is 0 Å². The van der Waals surface area contributed by atoms with E-state index < -0.39 is 0 Å². The Morgan fingerprint density at radius 2 is 2.32 bits per heavy atom. The Morgan fingerprint density at radius 3 is 3.08 bits per heavy atom. The smallest absolute Gasteiger partial charge is 0.222 e. The topological polar surface area (TPSA) is 59.4 Å². The molecule has 1 saturated heterocycles. The third-order valence-electron chi connectivity index (χ3n) is 4.54. The molecule has 6 heteroatoms. The first-order valence-corrected chi connectivity index (χ1v) is 8.81. The molecule has 2 aromatic rings. The molecule has 0 aliphatic carbocycles. The maximum Gasteiger partial charge on any atom is 0.222 e. The number of methoxy groups -OCH3 is 1. The minimum atomic E-state index is 0.0886. The second kappa shape index (κ2) is 8.05. The van der Waals surface area contributed by atoms with E-state index in [2.05, 4.69) is 21.4 Å². The fraction of sp³-hybridized carbons (Fsp3) is 0.474. The molecular formula is C19H26N4O2. The van der Waals surface area contributed by atoms with Gasteiger partial charge in [-0.3, -0.25) is 9.48 Å². The van der Waals surface area contributed by atoms with Crippen LogP contribution in [0.2, 0.25) is 0 Å². The summed E-state index contributed by atoms with van der Waals surface area (Å²) in [6, 6.07) is 8.27. The van der Waals surface area contributed by atoms with Crippen LogP contribution >= 0.6 is 0 Å². The fourth-order valence-electron chi connectivity index (χ4n) is 3.24. The van der Waals surface area contributed by atoms with Crippen LogP contribution in [0.3, 0.4) is 0 Å². The molecule has 0 bridgehead atoms. The predicted octanol–water partition coefficient (Wildman–Crippen LogP) is 2.38. The van der Waals surface area contributed by atoms with E-state index in [1.165, 1.54) is 0 Å². The number of carbonyl (C=O) groups excluding carboxylic acids is 1. The maximum atomic E-state index is 12.2. The molecule has 3 rings (SSSR count). The zero-order valence-corrected chi connectivity index (χ0v) is 14.9. The molecule has 1 amide bonds. The molecular weight excluding hydrogens is 316 g/mol. The molecule has 1 fully saturated rings. The van der Waals surface area contributed by atoms with Gasteiger partial charge in [0.25, 0.3) is 0 Å². The molecule has 1 aliphatic rings. The summed E-state index contributed by atoms with van der Waals surface area (Å²) in [6.07, 6.45) is 6.31. The van der Waals surface area contributed by atoms with Gasteiger partial charge in [-0.2, -0.15) is 5.10 Å². The molecule has 25 heavy (non-hydrogen) atoms. The van der Waals surface area contributed by atoms with E-state index >= 15 is 0 Å². The number of rotatable bonds is 6. The van der Waals surface area contributed by atoms with Crippen LogP contribution in [-0.4, -0.2) is 41.9 Å². The summed E-state index contributed by atoms with van der Waals surface area (Å²) in [5.74, 6) is 0.948. The van der Waals surface area contributed by atoms with Crippen LogP contribution in [0.15, 0.2) is 36.7 Å². The number of anilines is 1. The number of hydrogen-bond donors (Lipinski definition) is 1. The molecule has 0 unspecified atom stereocenters. The van der Waals surface area contributed by atoms with Crippen LogP contribution in [0, 0.1) is 6.92 Å². The van der Waals surface area contributed by atoms with Gasteiger partial charge in [0.05, 0.1) is 13.3 Å². The quantitative estimate of drug-likeness (QED) is 0.876. The lowest BCUT2D eigenvalue weighted by molar-refractivity contribution is -0.122. The van der Waals surface area contributed by atoms with Crippen molar-refractivity contribution in [3.8, 4) is 5.75 Å². The summed E-state index contributed by atoms with van der Waals surface area (Å²) >= 11 is 0. The van der Waals surface area contributed by atoms with Gasteiger partial charge in [0.2, 0.25) is 5.91 Å². The number of aryl methyl sites for hydroxylation is 2. The third kappa shape index (κ3) is 4.75. The monoisotopic (exact) mass is 342 g/mol. The highest BCUT2D eigenvalue weighted by molar-refractivity contribution is 5.76. The van der Waals surface area contributed by atoms with Crippen molar-refractivity contribution in [2.24, 2.45) is 0 Å². The Kier molecular flexibility index (Phi) is 5.58. The van der Waals surface area contributed by atoms with Gasteiger partial charge >= 0.3 is 0 Å². The number of hydrogen-bond acceptors (Lipinski definition) is 4. The lowest BCUT2D eigenvalue weighted by atomic mass is 10.0. The molecule has 0 saturated carbocycles. The molecule has 0 spiro atoms. The number of piperidine rings is 1. The first-order valence-electron chi connectivity index (χ1n) is 8.81. The van der Waals surface area contributed by atoms with Gasteiger partial charge < -0.3 is 15.0 Å². The Balaban J connectivity index is 1.51. The van der Waals surface area contributed by atoms with Gasteiger partial charge in [0, 0.05) is 50.0 Å². The van der Waals surface area contributed by atoms with Gasteiger partial charge in [0.15, 0.2) is 0 Å². The summed E-state index contributed by atoms with van der Waals surface area (Å²) in [5, 5.41) is 7.39. The number of nitrogens with one attached hydrogen (secondary N) is 1. The van der Waals surface area contributed by atoms with E-state index in [-0.39, 0.29) is 11.9 Å². The zero-order chi connectivity index (χ0) is 17.6. The van der Waals surface area contributed by atoms with Gasteiger partial charge in [-0.05, 0) is 37.5 Å². The molecule has 2 heterocycles. The largest absolute Gasteiger partial charge is 0.497 e. The lowest BCUT2D eigenvalue weighted by Gasteiger charge is -2.35. The highest BCUT2D eigenvalue weighted by atomic mass is 16.5. The van der Waals surface area contributed by atoms with E-state index in [0.717, 1.165) is 42.9 Å². The summed E-state index contributed by atoms with van der Waals surface area (Å²) < 4.78 is 7.13. The standard InChI is InChI=1S/C19H26N4O2/c1-15-12-20-23(13-15)10-8-19(24)21-16-5-4-9-22(14-16)17-6-3-7-18(11-17)25-2/h3,6-7,11-13,16H,4-5,8-10,14H2,1-2H3,(H,21,24)/t16-/m1/s1. The lowest BCUT2D eigenvalue weighted by Crippen LogP contribution is -2.48. The number of nitrogens with zero attached hydrogens (tertiary/aromatic N) is 3. The molecule has 6 nitrogen and oxygen atoms in total. The maximum absolute atomic E-state index is 12.2. The SMILES string of the molecule is COc1cccc(N2CCC[C@@H](NC(=O)CCn3cc(C)cn3)C2)c1. The third-order valence-corrected chi connectivity index (χ3v) is 4.54. The van der Waals surface area contributed by atoms with Crippen molar-refractivity contribution < 1.29 is 9.53 Å². The number of carbonyl (C=O) groups is 1. The van der Waals surface area contributed by atoms with E-state index in [1.54, 1.807) is 7.11 Å². The van der Waals surface area contributed by atoms with Crippen molar-refractivity contribution in [3.05, 3.63) is 42.2 Å². The summed E-state index contributed by atoms with van der Waals surface area (Å²) in [6.45, 7) is 4.46. The summed E-state index contributed by atoms with van der Waals surface area (Å²) in [7, 11) is 1.68. The number of benzene rings is 1. The molecule has 134 valence electrons. The van der Waals surface area contributed by atoms with Crippen LogP contribution < -0.4 is 15.0 Å². The van der Waals surface area contributed by atoms with Gasteiger partial charge in [-0.15, -0.1) is 0 Å². The normalized spacial score (nSPS) is 17.4. The van der Waals surface area contributed by atoms with Crippen molar-refractivity contribution in [2.45, 2.75) is 38.8 Å². The highest BCUT2D eigenvalue weighted by Crippen LogP contribution is 2.24. The Bertz CT molecular complexity index is 713. The number of amides is 1. The molecule has 1 aromatic heterocycles. The first-order chi connectivity index (χ1) is 12.1. The molecule has 0 radical (unpaired) electrons. The minimum Gasteiger partial charge on any atom is -0.497 e. The van der Waals surface area contributed by atoms with E-state index in [0.29, 0.717) is 13.0 Å². The van der Waals surface area contributed by atoms with Gasteiger partial charge in [0.1, 0.15) is 5.75 Å². The second-order valence-corrected chi connectivity index (χ2v) is 6.58. The van der Waals surface area contributed by atoms with Crippen molar-refractivity contribution in [1.29, 1.82) is 0 Å². The van der Waals surface area contributed by atoms with Gasteiger partial charge in [-0.25, -0.2) is 0 Å². The van der Waals surface area contributed by atoms with Crippen molar-refractivity contribution >= 4 is 11.6 Å². The van der Waals surface area contributed by atoms with Crippen molar-refractivity contribution in [2.75, 3.05) is 25.1 Å². The molecule has 1 aromatic carbocycles. The minimum absolute atomic E-state index is 0.0886. The summed E-state index contributed by atoms with van der Waals surface area (Å²) in [4.78, 5) is 14.6. The van der Waals surface area contributed by atoms with Crippen LogP contribution in [-0.2, 0) is 11.3 Å². The molecule has 1 N–H and O–H groups in total. The average Bonchev–Trinajstić information content (AvgIpc) is 3.06. The first kappa shape index (κ1) is 17.3. The molecule has 1 atom stereocenters. The summed E-state index contributed by atoms with van der Waals surface area (Å²) in [5.41, 5.74) is 2.26. The number of aromatic nitrogens is 2. The van der Waals surface area contributed by atoms with E-state index in [9.17, 15) is 4.79 Å². The van der Waals surface area contributed by atoms with Gasteiger partial charge in [-0.1, -0.05) is 6.07 Å². The van der Waals surface area contributed by atoms with Crippen molar-refractivity contribution in [1.82, 2.24) is 15.1 Å². The zero-order valence-electron chi connectivity index (χ0n) is 14.9. The Labute approximate surface area is 148 Å². The van der Waals surface area contributed by atoms with Crippen LogP contribution in [0.25, 0.3) is 0 Å². The van der Waals surface area contributed by atoms with Crippen LogP contribution in [0.1, 0.15) is 24.8 Å². The van der Waals surface area contributed by atoms with E-state index in [1.807, 2.05) is 42.2 Å². The van der Waals surface area contributed by atoms with Crippen LogP contribution in [0.5, 0.6) is 5.75 Å². The average molecular weight is 342 g/mol. The van der Waals surface area contributed by atoms with Crippen LogP contribution in [0.4, 0.5) is 5.69 Å². The second-order valence-electron chi connectivity index (χ2n) is 6.58. The predicted molar refractivity (Wildman–Crippen MR) is 98.0 cm³/mol.